The van der Waals surface area contributed by atoms with Gasteiger partial charge in [0.1, 0.15) is 22.2 Å². The predicted molar refractivity (Wildman–Crippen MR) is 112 cm³/mol. The van der Waals surface area contributed by atoms with E-state index in [-0.39, 0.29) is 54.3 Å². The summed E-state index contributed by atoms with van der Waals surface area (Å²) in [5.41, 5.74) is 1.37. The Hall–Kier alpha value is -3.17. The Kier molecular flexibility index (Phi) is 5.55. The summed E-state index contributed by atoms with van der Waals surface area (Å²) in [6.45, 7) is 2.34. The molecule has 162 valence electrons. The third-order valence-corrected chi connectivity index (χ3v) is 7.13. The Morgan fingerprint density at radius 2 is 1.68 bits per heavy atom. The molecule has 1 aliphatic rings. The number of piperazine rings is 1. The van der Waals surface area contributed by atoms with Crippen LogP contribution in [0, 0.1) is 12.7 Å². The number of amides is 1. The SMILES string of the molecule is Cc1ccc(O)c(S(=O)(=O)N2CCN(C(=O)c3ccc(-c4ccc(F)cc4)o3)CC2)c1. The number of furan rings is 1. The van der Waals surface area contributed by atoms with Crippen molar-refractivity contribution in [1.29, 1.82) is 0 Å². The summed E-state index contributed by atoms with van der Waals surface area (Å²) in [7, 11) is -3.87. The number of phenols is 1. The first-order chi connectivity index (χ1) is 14.8. The van der Waals surface area contributed by atoms with Gasteiger partial charge in [-0.2, -0.15) is 4.31 Å². The van der Waals surface area contributed by atoms with Crippen molar-refractivity contribution < 1.29 is 27.1 Å². The minimum Gasteiger partial charge on any atom is -0.507 e. The second-order valence-corrected chi connectivity index (χ2v) is 9.24. The van der Waals surface area contributed by atoms with Crippen molar-refractivity contribution in [2.45, 2.75) is 11.8 Å². The first-order valence-corrected chi connectivity index (χ1v) is 11.1. The number of rotatable bonds is 4. The maximum Gasteiger partial charge on any atom is 0.289 e. The van der Waals surface area contributed by atoms with Gasteiger partial charge < -0.3 is 14.4 Å². The number of carbonyl (C=O) groups is 1. The summed E-state index contributed by atoms with van der Waals surface area (Å²) in [6, 6.07) is 13.4. The van der Waals surface area contributed by atoms with Crippen LogP contribution < -0.4 is 0 Å². The fourth-order valence-electron chi connectivity index (χ4n) is 3.48. The lowest BCUT2D eigenvalue weighted by Gasteiger charge is -2.33. The van der Waals surface area contributed by atoms with E-state index in [1.54, 1.807) is 37.3 Å². The van der Waals surface area contributed by atoms with Crippen LogP contribution in [0.2, 0.25) is 0 Å². The van der Waals surface area contributed by atoms with Gasteiger partial charge in [-0.05, 0) is 61.0 Å². The highest BCUT2D eigenvalue weighted by molar-refractivity contribution is 7.89. The number of nitrogens with zero attached hydrogens (tertiary/aromatic N) is 2. The molecule has 0 bridgehead atoms. The molecular formula is C22H21FN2O5S. The molecule has 3 aromatic rings. The van der Waals surface area contributed by atoms with Crippen LogP contribution in [-0.2, 0) is 10.0 Å². The second-order valence-electron chi connectivity index (χ2n) is 7.34. The fourth-order valence-corrected chi connectivity index (χ4v) is 5.07. The molecule has 2 heterocycles. The molecule has 0 saturated carbocycles. The summed E-state index contributed by atoms with van der Waals surface area (Å²) >= 11 is 0. The molecule has 0 atom stereocenters. The van der Waals surface area contributed by atoms with Gasteiger partial charge in [0.05, 0.1) is 0 Å². The van der Waals surface area contributed by atoms with Crippen molar-refractivity contribution in [2.24, 2.45) is 0 Å². The Balaban J connectivity index is 1.45. The molecule has 0 aliphatic carbocycles. The maximum absolute atomic E-state index is 13.1. The molecule has 1 aromatic heterocycles. The average molecular weight is 444 g/mol. The molecule has 0 unspecified atom stereocenters. The molecule has 4 rings (SSSR count). The van der Waals surface area contributed by atoms with Crippen molar-refractivity contribution in [3.05, 3.63) is 71.7 Å². The highest BCUT2D eigenvalue weighted by atomic mass is 32.2. The lowest BCUT2D eigenvalue weighted by Crippen LogP contribution is -2.50. The quantitative estimate of drug-likeness (QED) is 0.667. The molecule has 2 aromatic carbocycles. The second kappa shape index (κ2) is 8.16. The third-order valence-electron chi connectivity index (χ3n) is 5.20. The molecule has 1 aliphatic heterocycles. The van der Waals surface area contributed by atoms with Crippen LogP contribution in [-0.4, -0.2) is 54.8 Å². The maximum atomic E-state index is 13.1. The van der Waals surface area contributed by atoms with E-state index in [1.807, 2.05) is 0 Å². The highest BCUT2D eigenvalue weighted by Crippen LogP contribution is 2.28. The standard InChI is InChI=1S/C22H21FN2O5S/c1-15-2-7-18(26)21(14-15)31(28,29)25-12-10-24(11-13-25)22(27)20-9-8-19(30-20)16-3-5-17(23)6-4-16/h2-9,14,26H,10-13H2,1H3. The average Bonchev–Trinajstić information content (AvgIpc) is 3.25. The smallest absolute Gasteiger partial charge is 0.289 e. The van der Waals surface area contributed by atoms with Crippen LogP contribution in [0.15, 0.2) is 63.9 Å². The summed E-state index contributed by atoms with van der Waals surface area (Å²) in [6.07, 6.45) is 0. The van der Waals surface area contributed by atoms with Gasteiger partial charge in [-0.1, -0.05) is 6.07 Å². The molecule has 1 N–H and O–H groups in total. The number of sulfonamides is 1. The van der Waals surface area contributed by atoms with Crippen molar-refractivity contribution >= 4 is 15.9 Å². The Labute approximate surface area is 179 Å². The zero-order chi connectivity index (χ0) is 22.2. The number of carbonyl (C=O) groups excluding carboxylic acids is 1. The van der Waals surface area contributed by atoms with E-state index in [9.17, 15) is 22.7 Å². The van der Waals surface area contributed by atoms with Crippen LogP contribution in [0.25, 0.3) is 11.3 Å². The normalized spacial score (nSPS) is 15.2. The number of halogens is 1. The van der Waals surface area contributed by atoms with Crippen LogP contribution in [0.1, 0.15) is 16.1 Å². The van der Waals surface area contributed by atoms with Gasteiger partial charge in [0.15, 0.2) is 5.76 Å². The number of aryl methyl sites for hydroxylation is 1. The van der Waals surface area contributed by atoms with E-state index < -0.39 is 10.0 Å². The third kappa shape index (κ3) is 4.19. The Morgan fingerprint density at radius 3 is 2.35 bits per heavy atom. The van der Waals surface area contributed by atoms with Crippen molar-refractivity contribution in [3.63, 3.8) is 0 Å². The number of hydrogen-bond acceptors (Lipinski definition) is 5. The topological polar surface area (TPSA) is 91.1 Å². The molecule has 0 spiro atoms. The number of phenolic OH excluding ortho intramolecular Hbond substituents is 1. The molecule has 31 heavy (non-hydrogen) atoms. The van der Waals surface area contributed by atoms with Crippen molar-refractivity contribution in [2.75, 3.05) is 26.2 Å². The summed E-state index contributed by atoms with van der Waals surface area (Å²) in [5.74, 6) is -0.429. The monoisotopic (exact) mass is 444 g/mol. The van der Waals surface area contributed by atoms with Crippen molar-refractivity contribution in [3.8, 4) is 17.1 Å². The van der Waals surface area contributed by atoms with E-state index in [0.717, 1.165) is 5.56 Å². The molecule has 9 heteroatoms. The zero-order valence-electron chi connectivity index (χ0n) is 16.8. The van der Waals surface area contributed by atoms with Gasteiger partial charge in [-0.25, -0.2) is 12.8 Å². The molecule has 1 saturated heterocycles. The van der Waals surface area contributed by atoms with Crippen LogP contribution in [0.5, 0.6) is 5.75 Å². The number of aromatic hydroxyl groups is 1. The van der Waals surface area contributed by atoms with E-state index in [4.69, 9.17) is 4.42 Å². The first-order valence-electron chi connectivity index (χ1n) is 9.70. The minimum atomic E-state index is -3.87. The van der Waals surface area contributed by atoms with Gasteiger partial charge in [0.2, 0.25) is 10.0 Å². The lowest BCUT2D eigenvalue weighted by molar-refractivity contribution is 0.0667. The van der Waals surface area contributed by atoms with Crippen LogP contribution in [0.4, 0.5) is 4.39 Å². The Bertz CT molecular complexity index is 1210. The number of benzene rings is 2. The molecule has 0 radical (unpaired) electrons. The van der Waals surface area contributed by atoms with Crippen molar-refractivity contribution in [1.82, 2.24) is 9.21 Å². The zero-order valence-corrected chi connectivity index (χ0v) is 17.6. The summed E-state index contributed by atoms with van der Waals surface area (Å²) in [4.78, 5) is 14.2. The van der Waals surface area contributed by atoms with Gasteiger partial charge in [0.25, 0.3) is 5.91 Å². The van der Waals surface area contributed by atoms with E-state index in [0.29, 0.717) is 11.3 Å². The molecule has 7 nitrogen and oxygen atoms in total. The highest BCUT2D eigenvalue weighted by Gasteiger charge is 2.32. The minimum absolute atomic E-state index is 0.104. The number of hydrogen-bond donors (Lipinski definition) is 1. The predicted octanol–water partition coefficient (Wildman–Crippen LogP) is 3.25. The molecule has 1 amide bonds. The van der Waals surface area contributed by atoms with Crippen LogP contribution in [0.3, 0.4) is 0 Å². The summed E-state index contributed by atoms with van der Waals surface area (Å²) in [5, 5.41) is 10.00. The van der Waals surface area contributed by atoms with Gasteiger partial charge in [-0.15, -0.1) is 0 Å². The van der Waals surface area contributed by atoms with E-state index >= 15 is 0 Å². The molecule has 1 fully saturated rings. The van der Waals surface area contributed by atoms with Gasteiger partial charge in [0, 0.05) is 31.7 Å². The lowest BCUT2D eigenvalue weighted by atomic mass is 10.2. The Morgan fingerprint density at radius 1 is 1.00 bits per heavy atom. The first kappa shape index (κ1) is 21.1. The fraction of sp³-hybridized carbons (Fsp3) is 0.227. The largest absolute Gasteiger partial charge is 0.507 e. The van der Waals surface area contributed by atoms with E-state index in [1.165, 1.54) is 33.5 Å². The van der Waals surface area contributed by atoms with Gasteiger partial charge in [-0.3, -0.25) is 4.79 Å². The molecular weight excluding hydrogens is 423 g/mol. The van der Waals surface area contributed by atoms with Crippen LogP contribution >= 0.6 is 0 Å². The van der Waals surface area contributed by atoms with E-state index in [2.05, 4.69) is 0 Å². The van der Waals surface area contributed by atoms with Gasteiger partial charge >= 0.3 is 0 Å². The summed E-state index contributed by atoms with van der Waals surface area (Å²) < 4.78 is 45.8.